The minimum Gasteiger partial charge on any atom is -0.348 e. The van der Waals surface area contributed by atoms with E-state index in [-0.39, 0.29) is 28.3 Å². The molecular formula is C14H21ClN4O. The summed E-state index contributed by atoms with van der Waals surface area (Å²) < 4.78 is 0. The van der Waals surface area contributed by atoms with Gasteiger partial charge in [0.2, 0.25) is 0 Å². The number of likely N-dealkylation sites (tertiary alicyclic amines) is 1. The van der Waals surface area contributed by atoms with E-state index in [1.807, 2.05) is 0 Å². The number of rotatable bonds is 2. The molecule has 1 fully saturated rings. The van der Waals surface area contributed by atoms with Gasteiger partial charge in [-0.3, -0.25) is 14.7 Å². The highest BCUT2D eigenvalue weighted by molar-refractivity contribution is 6.29. The lowest BCUT2D eigenvalue weighted by Gasteiger charge is -2.40. The second kappa shape index (κ2) is 6.06. The molecule has 5 nitrogen and oxygen atoms in total. The van der Waals surface area contributed by atoms with Gasteiger partial charge in [-0.2, -0.15) is 0 Å². The van der Waals surface area contributed by atoms with Crippen molar-refractivity contribution in [3.05, 3.63) is 23.2 Å². The van der Waals surface area contributed by atoms with Gasteiger partial charge in [-0.15, -0.1) is 0 Å². The van der Waals surface area contributed by atoms with Gasteiger partial charge in [-0.1, -0.05) is 11.6 Å². The van der Waals surface area contributed by atoms with E-state index >= 15 is 0 Å². The van der Waals surface area contributed by atoms with Crippen LogP contribution in [0.1, 0.15) is 44.1 Å². The smallest absolute Gasteiger partial charge is 0.271 e. The van der Waals surface area contributed by atoms with E-state index in [0.29, 0.717) is 0 Å². The summed E-state index contributed by atoms with van der Waals surface area (Å²) in [5, 5.41) is 3.24. The van der Waals surface area contributed by atoms with Crippen molar-refractivity contribution in [2.45, 2.75) is 45.2 Å². The molecule has 1 amide bonds. The molecule has 1 saturated heterocycles. The fraction of sp³-hybridized carbons (Fsp3) is 0.643. The second-order valence-corrected chi connectivity index (χ2v) is 6.52. The van der Waals surface area contributed by atoms with Crippen molar-refractivity contribution in [2.75, 3.05) is 13.1 Å². The Morgan fingerprint density at radius 2 is 2.00 bits per heavy atom. The van der Waals surface area contributed by atoms with E-state index in [1.165, 1.54) is 12.4 Å². The topological polar surface area (TPSA) is 58.1 Å². The van der Waals surface area contributed by atoms with Gasteiger partial charge in [-0.05, 0) is 33.6 Å². The van der Waals surface area contributed by atoms with Crippen LogP contribution in [0.2, 0.25) is 5.15 Å². The normalized spacial score (nSPS) is 18.0. The van der Waals surface area contributed by atoms with Crippen LogP contribution in [0.3, 0.4) is 0 Å². The quantitative estimate of drug-likeness (QED) is 0.908. The van der Waals surface area contributed by atoms with Gasteiger partial charge in [-0.25, -0.2) is 4.98 Å². The van der Waals surface area contributed by atoms with Gasteiger partial charge in [0.25, 0.3) is 5.91 Å². The molecule has 20 heavy (non-hydrogen) atoms. The maximum Gasteiger partial charge on any atom is 0.271 e. The zero-order valence-corrected chi connectivity index (χ0v) is 12.9. The van der Waals surface area contributed by atoms with Crippen LogP contribution >= 0.6 is 11.6 Å². The lowest BCUT2D eigenvalue weighted by molar-refractivity contribution is 0.0809. The molecule has 1 aromatic rings. The van der Waals surface area contributed by atoms with Crippen LogP contribution < -0.4 is 5.32 Å². The highest BCUT2D eigenvalue weighted by Gasteiger charge is 2.27. The van der Waals surface area contributed by atoms with Crippen molar-refractivity contribution in [1.29, 1.82) is 0 Å². The molecule has 0 saturated carbocycles. The predicted molar refractivity (Wildman–Crippen MR) is 78.9 cm³/mol. The number of aromatic nitrogens is 2. The first kappa shape index (κ1) is 15.2. The minimum atomic E-state index is -0.200. The van der Waals surface area contributed by atoms with E-state index in [1.54, 1.807) is 0 Å². The van der Waals surface area contributed by atoms with E-state index in [2.05, 4.69) is 41.0 Å². The third kappa shape index (κ3) is 3.90. The molecule has 1 N–H and O–H groups in total. The lowest BCUT2D eigenvalue weighted by atomic mass is 9.98. The molecule has 0 atom stereocenters. The number of carbonyl (C=O) groups is 1. The summed E-state index contributed by atoms with van der Waals surface area (Å²) in [6.45, 7) is 8.64. The largest absolute Gasteiger partial charge is 0.348 e. The van der Waals surface area contributed by atoms with E-state index < -0.39 is 0 Å². The van der Waals surface area contributed by atoms with E-state index in [0.717, 1.165) is 25.9 Å². The molecule has 0 aromatic carbocycles. The summed E-state index contributed by atoms with van der Waals surface area (Å²) in [6, 6.07) is 0.196. The Bertz CT molecular complexity index is 478. The van der Waals surface area contributed by atoms with Crippen molar-refractivity contribution in [1.82, 2.24) is 20.2 Å². The van der Waals surface area contributed by atoms with Crippen molar-refractivity contribution >= 4 is 17.5 Å². The van der Waals surface area contributed by atoms with Gasteiger partial charge < -0.3 is 5.32 Å². The van der Waals surface area contributed by atoms with Crippen molar-refractivity contribution in [3.63, 3.8) is 0 Å². The second-order valence-electron chi connectivity index (χ2n) is 6.13. The average molecular weight is 297 g/mol. The Kier molecular flexibility index (Phi) is 4.60. The molecular weight excluding hydrogens is 276 g/mol. The van der Waals surface area contributed by atoms with E-state index in [9.17, 15) is 4.79 Å². The molecule has 2 rings (SSSR count). The molecule has 0 bridgehead atoms. The number of amides is 1. The van der Waals surface area contributed by atoms with Crippen molar-refractivity contribution in [2.24, 2.45) is 0 Å². The Labute approximate surface area is 124 Å². The van der Waals surface area contributed by atoms with E-state index in [4.69, 9.17) is 11.6 Å². The molecule has 0 spiro atoms. The number of hydrogen-bond acceptors (Lipinski definition) is 4. The Balaban J connectivity index is 1.88. The predicted octanol–water partition coefficient (Wildman–Crippen LogP) is 2.12. The lowest BCUT2D eigenvalue weighted by Crippen LogP contribution is -2.50. The third-order valence-corrected chi connectivity index (χ3v) is 3.80. The van der Waals surface area contributed by atoms with Gasteiger partial charge in [0, 0.05) is 24.7 Å². The summed E-state index contributed by atoms with van der Waals surface area (Å²) in [4.78, 5) is 22.3. The molecule has 1 aliphatic rings. The zero-order valence-electron chi connectivity index (χ0n) is 12.2. The fourth-order valence-corrected chi connectivity index (χ4v) is 2.55. The highest BCUT2D eigenvalue weighted by atomic mass is 35.5. The van der Waals surface area contributed by atoms with Crippen LogP contribution in [-0.4, -0.2) is 45.4 Å². The SMILES string of the molecule is CC(C)(C)N1CCC(NC(=O)c2cncc(Cl)n2)CC1. The summed E-state index contributed by atoms with van der Waals surface area (Å²) in [5.41, 5.74) is 0.462. The average Bonchev–Trinajstić information content (AvgIpc) is 2.38. The minimum absolute atomic E-state index is 0.188. The monoisotopic (exact) mass is 296 g/mol. The number of carbonyl (C=O) groups excluding carboxylic acids is 1. The Morgan fingerprint density at radius 3 is 2.55 bits per heavy atom. The first-order valence-corrected chi connectivity index (χ1v) is 7.27. The van der Waals surface area contributed by atoms with Crippen molar-refractivity contribution in [3.8, 4) is 0 Å². The van der Waals surface area contributed by atoms with Crippen LogP contribution in [0.5, 0.6) is 0 Å². The summed E-state index contributed by atoms with van der Waals surface area (Å²) in [6.07, 6.45) is 4.76. The molecule has 1 aliphatic heterocycles. The summed E-state index contributed by atoms with van der Waals surface area (Å²) >= 11 is 5.74. The molecule has 0 unspecified atom stereocenters. The molecule has 1 aromatic heterocycles. The van der Waals surface area contributed by atoms with Gasteiger partial charge in [0.15, 0.2) is 0 Å². The highest BCUT2D eigenvalue weighted by Crippen LogP contribution is 2.20. The first-order chi connectivity index (χ1) is 9.36. The van der Waals surface area contributed by atoms with Gasteiger partial charge >= 0.3 is 0 Å². The first-order valence-electron chi connectivity index (χ1n) is 6.90. The summed E-state index contributed by atoms with van der Waals surface area (Å²) in [5.74, 6) is -0.200. The molecule has 0 aliphatic carbocycles. The van der Waals surface area contributed by atoms with Gasteiger partial charge in [0.1, 0.15) is 10.8 Å². The van der Waals surface area contributed by atoms with Crippen LogP contribution in [0.15, 0.2) is 12.4 Å². The number of nitrogens with zero attached hydrogens (tertiary/aromatic N) is 3. The van der Waals surface area contributed by atoms with Crippen LogP contribution in [-0.2, 0) is 0 Å². The zero-order chi connectivity index (χ0) is 14.8. The third-order valence-electron chi connectivity index (χ3n) is 3.62. The molecule has 2 heterocycles. The van der Waals surface area contributed by atoms with Crippen LogP contribution in [0, 0.1) is 0 Å². The number of hydrogen-bond donors (Lipinski definition) is 1. The number of halogens is 1. The number of nitrogens with one attached hydrogen (secondary N) is 1. The van der Waals surface area contributed by atoms with Gasteiger partial charge in [0.05, 0.1) is 12.4 Å². The van der Waals surface area contributed by atoms with Crippen LogP contribution in [0.25, 0.3) is 0 Å². The Hall–Kier alpha value is -1.20. The van der Waals surface area contributed by atoms with Crippen LogP contribution in [0.4, 0.5) is 0 Å². The standard InChI is InChI=1S/C14H21ClN4O/c1-14(2,3)19-6-4-10(5-7-19)17-13(20)11-8-16-9-12(15)18-11/h8-10H,4-7H2,1-3H3,(H,17,20). The summed E-state index contributed by atoms with van der Waals surface area (Å²) in [7, 11) is 0. The maximum atomic E-state index is 12.1. The fourth-order valence-electron chi connectivity index (χ4n) is 2.41. The number of piperidine rings is 1. The van der Waals surface area contributed by atoms with Crippen molar-refractivity contribution < 1.29 is 4.79 Å². The molecule has 110 valence electrons. The molecule has 6 heteroatoms. The maximum absolute atomic E-state index is 12.1. The molecule has 0 radical (unpaired) electrons. The Morgan fingerprint density at radius 1 is 1.35 bits per heavy atom.